The van der Waals surface area contributed by atoms with Crippen molar-refractivity contribution >= 4 is 23.4 Å². The summed E-state index contributed by atoms with van der Waals surface area (Å²) in [5.74, 6) is -0.533. The summed E-state index contributed by atoms with van der Waals surface area (Å²) in [6.07, 6.45) is 0.958. The van der Waals surface area contributed by atoms with Crippen molar-refractivity contribution in [3.05, 3.63) is 53.6 Å². The molecule has 2 aromatic rings. The molecule has 0 bridgehead atoms. The minimum Gasteiger partial charge on any atom is -0.497 e. The van der Waals surface area contributed by atoms with Gasteiger partial charge in [0.15, 0.2) is 5.78 Å². The minimum absolute atomic E-state index is 0.300. The van der Waals surface area contributed by atoms with E-state index in [0.29, 0.717) is 42.1 Å². The Balaban J connectivity index is 2.08. The van der Waals surface area contributed by atoms with Crippen molar-refractivity contribution in [3.8, 4) is 11.5 Å². The Morgan fingerprint density at radius 3 is 2.41 bits per heavy atom. The lowest BCUT2D eigenvalue weighted by molar-refractivity contribution is -0.141. The van der Waals surface area contributed by atoms with Crippen LogP contribution in [0.15, 0.2) is 42.5 Å². The summed E-state index contributed by atoms with van der Waals surface area (Å²) in [6.45, 7) is 2.04. The number of ether oxygens (including phenoxy) is 3. The average Bonchev–Trinajstić information content (AvgIpc) is 2.84. The van der Waals surface area contributed by atoms with Gasteiger partial charge in [0.1, 0.15) is 17.5 Å². The lowest BCUT2D eigenvalue weighted by Gasteiger charge is -2.20. The van der Waals surface area contributed by atoms with Gasteiger partial charge in [-0.05, 0) is 50.1 Å². The SMILES string of the molecule is COC(=O)C(C)Nc1ccccc1C(=O)[C@H](CC(=O)O)NCCCc1ccc(OC)cc1OC. The first-order valence-electron chi connectivity index (χ1n) is 10.9. The monoisotopic (exact) mass is 472 g/mol. The van der Waals surface area contributed by atoms with Crippen LogP contribution >= 0.6 is 0 Å². The van der Waals surface area contributed by atoms with E-state index in [9.17, 15) is 19.5 Å². The molecule has 9 heteroatoms. The highest BCUT2D eigenvalue weighted by Crippen LogP contribution is 2.25. The molecule has 0 spiro atoms. The van der Waals surface area contributed by atoms with Crippen LogP contribution in [0.4, 0.5) is 5.69 Å². The third-order valence-corrected chi connectivity index (χ3v) is 5.32. The van der Waals surface area contributed by atoms with Gasteiger partial charge in [-0.15, -0.1) is 0 Å². The number of carbonyl (C=O) groups excluding carboxylic acids is 2. The highest BCUT2D eigenvalue weighted by molar-refractivity contribution is 6.06. The van der Waals surface area contributed by atoms with Crippen molar-refractivity contribution in [2.75, 3.05) is 33.2 Å². The standard InChI is InChI=1S/C25H32N2O7/c1-16(25(31)34-4)27-20-10-6-5-9-19(20)24(30)21(15-23(28)29)26-13-7-8-17-11-12-18(32-2)14-22(17)33-3/h5-6,9-12,14,16,21,26-27H,7-8,13,15H2,1-4H3,(H,28,29)/t16?,21-/m0/s1. The second-order valence-electron chi connectivity index (χ2n) is 7.68. The molecule has 2 atom stereocenters. The first-order valence-corrected chi connectivity index (χ1v) is 10.9. The van der Waals surface area contributed by atoms with E-state index in [2.05, 4.69) is 10.6 Å². The van der Waals surface area contributed by atoms with E-state index in [0.717, 1.165) is 5.56 Å². The molecule has 0 aliphatic carbocycles. The summed E-state index contributed by atoms with van der Waals surface area (Å²) in [5, 5.41) is 15.4. The Morgan fingerprint density at radius 2 is 1.76 bits per heavy atom. The molecule has 9 nitrogen and oxygen atoms in total. The number of carboxylic acid groups (broad SMARTS) is 1. The van der Waals surface area contributed by atoms with E-state index in [1.165, 1.54) is 7.11 Å². The van der Waals surface area contributed by atoms with Crippen molar-refractivity contribution in [2.24, 2.45) is 0 Å². The van der Waals surface area contributed by atoms with Crippen LogP contribution in [0.3, 0.4) is 0 Å². The predicted octanol–water partition coefficient (Wildman–Crippen LogP) is 2.93. The largest absolute Gasteiger partial charge is 0.497 e. The van der Waals surface area contributed by atoms with Gasteiger partial charge in [-0.1, -0.05) is 18.2 Å². The van der Waals surface area contributed by atoms with Gasteiger partial charge in [0, 0.05) is 17.3 Å². The van der Waals surface area contributed by atoms with Crippen LogP contribution in [0.5, 0.6) is 11.5 Å². The molecule has 0 heterocycles. The molecule has 2 rings (SSSR count). The summed E-state index contributed by atoms with van der Waals surface area (Å²) in [6, 6.07) is 10.7. The van der Waals surface area contributed by atoms with Crippen molar-refractivity contribution in [1.29, 1.82) is 0 Å². The second kappa shape index (κ2) is 13.2. The second-order valence-corrected chi connectivity index (χ2v) is 7.68. The van der Waals surface area contributed by atoms with Crippen molar-refractivity contribution < 1.29 is 33.7 Å². The molecule has 2 aromatic carbocycles. The number of aryl methyl sites for hydroxylation is 1. The molecule has 0 radical (unpaired) electrons. The lowest BCUT2D eigenvalue weighted by Crippen LogP contribution is -2.40. The third kappa shape index (κ3) is 7.48. The number of anilines is 1. The van der Waals surface area contributed by atoms with E-state index in [1.54, 1.807) is 51.5 Å². The Morgan fingerprint density at radius 1 is 1.03 bits per heavy atom. The van der Waals surface area contributed by atoms with Crippen molar-refractivity contribution in [2.45, 2.75) is 38.3 Å². The van der Waals surface area contributed by atoms with Gasteiger partial charge in [0.25, 0.3) is 0 Å². The van der Waals surface area contributed by atoms with Gasteiger partial charge in [0.2, 0.25) is 0 Å². The Labute approximate surface area is 199 Å². The summed E-state index contributed by atoms with van der Waals surface area (Å²) in [7, 11) is 4.46. The Bertz CT molecular complexity index is 993. The number of Topliss-reactive ketones (excluding diaryl/α,β-unsaturated/α-hetero) is 1. The van der Waals surface area contributed by atoms with Crippen LogP contribution < -0.4 is 20.1 Å². The molecule has 0 amide bonds. The van der Waals surface area contributed by atoms with Crippen LogP contribution in [-0.4, -0.2) is 62.8 Å². The van der Waals surface area contributed by atoms with E-state index >= 15 is 0 Å². The maximum Gasteiger partial charge on any atom is 0.327 e. The minimum atomic E-state index is -1.09. The fourth-order valence-corrected chi connectivity index (χ4v) is 3.53. The maximum absolute atomic E-state index is 13.2. The highest BCUT2D eigenvalue weighted by atomic mass is 16.5. The molecule has 0 aliphatic heterocycles. The predicted molar refractivity (Wildman–Crippen MR) is 128 cm³/mol. The number of rotatable bonds is 14. The molecule has 0 fully saturated rings. The molecule has 0 aliphatic rings. The molecule has 1 unspecified atom stereocenters. The summed E-state index contributed by atoms with van der Waals surface area (Å²) in [4.78, 5) is 36.5. The number of nitrogens with one attached hydrogen (secondary N) is 2. The third-order valence-electron chi connectivity index (χ3n) is 5.32. The van der Waals surface area contributed by atoms with Crippen LogP contribution in [-0.2, 0) is 20.7 Å². The van der Waals surface area contributed by atoms with E-state index in [-0.39, 0.29) is 12.2 Å². The Hall–Kier alpha value is -3.59. The van der Waals surface area contributed by atoms with Gasteiger partial charge in [-0.2, -0.15) is 0 Å². The van der Waals surface area contributed by atoms with Crippen LogP contribution in [0.2, 0.25) is 0 Å². The number of ketones is 1. The number of benzene rings is 2. The van der Waals surface area contributed by atoms with E-state index in [1.807, 2.05) is 12.1 Å². The smallest absolute Gasteiger partial charge is 0.327 e. The first kappa shape index (κ1) is 26.7. The van der Waals surface area contributed by atoms with Crippen LogP contribution in [0.25, 0.3) is 0 Å². The average molecular weight is 473 g/mol. The number of para-hydroxylation sites is 1. The number of hydrogen-bond donors (Lipinski definition) is 3. The summed E-state index contributed by atoms with van der Waals surface area (Å²) < 4.78 is 15.3. The molecule has 0 aromatic heterocycles. The molecular weight excluding hydrogens is 440 g/mol. The number of carbonyl (C=O) groups is 3. The normalized spacial score (nSPS) is 12.4. The van der Waals surface area contributed by atoms with Crippen molar-refractivity contribution in [3.63, 3.8) is 0 Å². The van der Waals surface area contributed by atoms with Gasteiger partial charge in [-0.25, -0.2) is 4.79 Å². The molecular formula is C25H32N2O7. The number of carboxylic acids is 1. The van der Waals surface area contributed by atoms with E-state index < -0.39 is 24.0 Å². The molecule has 34 heavy (non-hydrogen) atoms. The zero-order valence-corrected chi connectivity index (χ0v) is 19.9. The van der Waals surface area contributed by atoms with Crippen molar-refractivity contribution in [1.82, 2.24) is 5.32 Å². The first-order chi connectivity index (χ1) is 16.3. The fourth-order valence-electron chi connectivity index (χ4n) is 3.53. The summed E-state index contributed by atoms with van der Waals surface area (Å²) >= 11 is 0. The zero-order valence-electron chi connectivity index (χ0n) is 19.9. The quantitative estimate of drug-likeness (QED) is 0.216. The number of esters is 1. The Kier molecular flexibility index (Phi) is 10.3. The molecule has 3 N–H and O–H groups in total. The van der Waals surface area contributed by atoms with Gasteiger partial charge in [0.05, 0.1) is 33.8 Å². The number of aliphatic carboxylic acids is 1. The molecule has 0 saturated carbocycles. The highest BCUT2D eigenvalue weighted by Gasteiger charge is 2.25. The maximum atomic E-state index is 13.2. The molecule has 184 valence electrons. The van der Waals surface area contributed by atoms with Crippen LogP contribution in [0, 0.1) is 0 Å². The van der Waals surface area contributed by atoms with Gasteiger partial charge in [-0.3, -0.25) is 9.59 Å². The van der Waals surface area contributed by atoms with E-state index in [4.69, 9.17) is 14.2 Å². The lowest BCUT2D eigenvalue weighted by atomic mass is 9.99. The zero-order chi connectivity index (χ0) is 25.1. The number of methoxy groups -OCH3 is 3. The number of hydrogen-bond acceptors (Lipinski definition) is 8. The van der Waals surface area contributed by atoms with Gasteiger partial charge < -0.3 is 30.0 Å². The summed E-state index contributed by atoms with van der Waals surface area (Å²) in [5.41, 5.74) is 1.72. The molecule has 0 saturated heterocycles. The van der Waals surface area contributed by atoms with Gasteiger partial charge >= 0.3 is 11.9 Å². The fraction of sp³-hybridized carbons (Fsp3) is 0.400. The topological polar surface area (TPSA) is 123 Å². The van der Waals surface area contributed by atoms with Crippen LogP contribution in [0.1, 0.15) is 35.7 Å².